The molecule has 0 heterocycles. The lowest BCUT2D eigenvalue weighted by atomic mass is 9.92. The lowest BCUT2D eigenvalue weighted by molar-refractivity contribution is 0.650. The molecule has 0 amide bonds. The molecule has 98 valence electrons. The van der Waals surface area contributed by atoms with Crippen LogP contribution in [0.4, 0.5) is 0 Å². The van der Waals surface area contributed by atoms with Gasteiger partial charge in [-0.05, 0) is 29.0 Å². The van der Waals surface area contributed by atoms with Gasteiger partial charge in [0.05, 0.1) is 0 Å². The van der Waals surface area contributed by atoms with E-state index in [1.54, 1.807) is 0 Å². The average molecular weight is 279 g/mol. The van der Waals surface area contributed by atoms with E-state index in [0.717, 1.165) is 0 Å². The first-order valence-electron chi connectivity index (χ1n) is 6.95. The van der Waals surface area contributed by atoms with Gasteiger partial charge in [-0.1, -0.05) is 63.7 Å². The number of fused-ring (bicyclic) bond motifs is 1. The molecule has 0 spiro atoms. The Morgan fingerprint density at radius 3 is 2.56 bits per heavy atom. The Bertz CT molecular complexity index is 456. The van der Waals surface area contributed by atoms with E-state index in [1.165, 1.54) is 29.5 Å². The topological polar surface area (TPSA) is 0 Å². The van der Waals surface area contributed by atoms with Crippen molar-refractivity contribution in [3.8, 4) is 0 Å². The summed E-state index contributed by atoms with van der Waals surface area (Å²) >= 11 is 6.71. The van der Waals surface area contributed by atoms with Crippen LogP contribution in [0.1, 0.15) is 43.4 Å². The molecular formula is C16H23ClSi. The second kappa shape index (κ2) is 5.22. The third-order valence-corrected chi connectivity index (χ3v) is 6.61. The molecule has 2 heteroatoms. The van der Waals surface area contributed by atoms with Crippen molar-refractivity contribution in [2.75, 3.05) is 0 Å². The molecule has 0 radical (unpaired) electrons. The summed E-state index contributed by atoms with van der Waals surface area (Å²) in [5, 5.41) is 0. The molecule has 1 aromatic carbocycles. The number of allylic oxidation sites excluding steroid dienone is 2. The fraction of sp³-hybridized carbons (Fsp3) is 0.500. The first kappa shape index (κ1) is 13.9. The largest absolute Gasteiger partial charge is 0.167 e. The van der Waals surface area contributed by atoms with Crippen LogP contribution in [0.3, 0.4) is 0 Å². The van der Waals surface area contributed by atoms with Crippen molar-refractivity contribution in [3.05, 3.63) is 41.5 Å². The van der Waals surface area contributed by atoms with Crippen molar-refractivity contribution in [1.82, 2.24) is 0 Å². The van der Waals surface area contributed by atoms with Crippen LogP contribution in [0.25, 0.3) is 5.57 Å². The normalized spacial score (nSPS) is 20.5. The second-order valence-corrected chi connectivity index (χ2v) is 12.6. The van der Waals surface area contributed by atoms with Crippen LogP contribution < -0.4 is 0 Å². The molecule has 1 aliphatic rings. The van der Waals surface area contributed by atoms with Gasteiger partial charge in [0.2, 0.25) is 0 Å². The molecule has 0 N–H and O–H groups in total. The molecule has 1 aromatic rings. The molecule has 0 bridgehead atoms. The number of hydrogen-bond donors (Lipinski definition) is 0. The van der Waals surface area contributed by atoms with Crippen molar-refractivity contribution in [1.29, 1.82) is 0 Å². The Labute approximate surface area is 117 Å². The summed E-state index contributed by atoms with van der Waals surface area (Å²) in [7, 11) is -1.69. The molecule has 2 atom stereocenters. The Kier molecular flexibility index (Phi) is 4.03. The van der Waals surface area contributed by atoms with Gasteiger partial charge in [0.25, 0.3) is 0 Å². The summed E-state index contributed by atoms with van der Waals surface area (Å²) in [5.74, 6) is 0.647. The monoisotopic (exact) mass is 278 g/mol. The Balaban J connectivity index is 2.43. The van der Waals surface area contributed by atoms with Crippen molar-refractivity contribution in [3.63, 3.8) is 0 Å². The van der Waals surface area contributed by atoms with E-state index >= 15 is 0 Å². The fourth-order valence-electron chi connectivity index (χ4n) is 2.98. The molecule has 0 saturated heterocycles. The van der Waals surface area contributed by atoms with Gasteiger partial charge < -0.3 is 0 Å². The van der Waals surface area contributed by atoms with Gasteiger partial charge in [-0.2, -0.15) is 11.1 Å². The van der Waals surface area contributed by atoms with Gasteiger partial charge in [-0.25, -0.2) is 0 Å². The fourth-order valence-corrected chi connectivity index (χ4v) is 5.09. The minimum absolute atomic E-state index is 0.477. The predicted molar refractivity (Wildman–Crippen MR) is 84.6 cm³/mol. The van der Waals surface area contributed by atoms with Gasteiger partial charge in [0, 0.05) is 5.54 Å². The average Bonchev–Trinajstić information content (AvgIpc) is 2.68. The summed E-state index contributed by atoms with van der Waals surface area (Å²) in [5.41, 5.74) is 4.91. The predicted octanol–water partition coefficient (Wildman–Crippen LogP) is 5.59. The summed E-state index contributed by atoms with van der Waals surface area (Å²) in [6.07, 6.45) is 4.97. The first-order valence-corrected chi connectivity index (χ1v) is 11.0. The van der Waals surface area contributed by atoms with Gasteiger partial charge in [0.15, 0.2) is 7.38 Å². The highest BCUT2D eigenvalue weighted by atomic mass is 35.6. The highest BCUT2D eigenvalue weighted by molar-refractivity contribution is 7.20. The smallest absolute Gasteiger partial charge is 0.161 e. The molecule has 2 rings (SSSR count). The summed E-state index contributed by atoms with van der Waals surface area (Å²) in [6, 6.07) is 8.82. The minimum atomic E-state index is -1.69. The van der Waals surface area contributed by atoms with Crippen LogP contribution in [-0.4, -0.2) is 7.38 Å². The number of benzene rings is 1. The minimum Gasteiger partial charge on any atom is -0.167 e. The van der Waals surface area contributed by atoms with E-state index in [2.05, 4.69) is 57.3 Å². The molecule has 0 aliphatic heterocycles. The van der Waals surface area contributed by atoms with Crippen LogP contribution >= 0.6 is 11.1 Å². The zero-order valence-corrected chi connectivity index (χ0v) is 13.6. The molecule has 18 heavy (non-hydrogen) atoms. The zero-order valence-electron chi connectivity index (χ0n) is 11.8. The van der Waals surface area contributed by atoms with Crippen molar-refractivity contribution < 1.29 is 0 Å². The quantitative estimate of drug-likeness (QED) is 0.498. The molecule has 2 unspecified atom stereocenters. The van der Waals surface area contributed by atoms with Crippen molar-refractivity contribution >= 4 is 24.0 Å². The van der Waals surface area contributed by atoms with E-state index in [0.29, 0.717) is 11.5 Å². The molecule has 0 aromatic heterocycles. The van der Waals surface area contributed by atoms with E-state index in [1.807, 2.05) is 0 Å². The number of halogens is 1. The summed E-state index contributed by atoms with van der Waals surface area (Å²) in [6.45, 7) is 9.10. The van der Waals surface area contributed by atoms with E-state index < -0.39 is 7.38 Å². The van der Waals surface area contributed by atoms with Crippen LogP contribution in [0.5, 0.6) is 0 Å². The van der Waals surface area contributed by atoms with Crippen LogP contribution in [0, 0.1) is 5.92 Å². The Hall–Kier alpha value is -0.533. The maximum Gasteiger partial charge on any atom is 0.161 e. The maximum absolute atomic E-state index is 6.71. The van der Waals surface area contributed by atoms with Crippen molar-refractivity contribution in [2.24, 2.45) is 5.92 Å². The summed E-state index contributed by atoms with van der Waals surface area (Å²) < 4.78 is 0. The molecule has 0 saturated carbocycles. The third-order valence-electron chi connectivity index (χ3n) is 3.95. The SMILES string of the molecule is CCCC(C)C1=CC([Si](C)(C)Cl)c2ccccc21. The second-order valence-electron chi connectivity index (χ2n) is 5.94. The third kappa shape index (κ3) is 2.57. The first-order chi connectivity index (χ1) is 8.45. The van der Waals surface area contributed by atoms with Crippen LogP contribution in [0.15, 0.2) is 30.3 Å². The van der Waals surface area contributed by atoms with E-state index in [-0.39, 0.29) is 0 Å². The Morgan fingerprint density at radius 2 is 1.94 bits per heavy atom. The van der Waals surface area contributed by atoms with E-state index in [9.17, 15) is 0 Å². The van der Waals surface area contributed by atoms with E-state index in [4.69, 9.17) is 11.1 Å². The van der Waals surface area contributed by atoms with Gasteiger partial charge in [0.1, 0.15) is 0 Å². The van der Waals surface area contributed by atoms with Gasteiger partial charge in [-0.3, -0.25) is 0 Å². The zero-order chi connectivity index (χ0) is 13.3. The Morgan fingerprint density at radius 1 is 1.28 bits per heavy atom. The molecule has 1 aliphatic carbocycles. The highest BCUT2D eigenvalue weighted by Crippen LogP contribution is 2.45. The van der Waals surface area contributed by atoms with Gasteiger partial charge >= 0.3 is 0 Å². The van der Waals surface area contributed by atoms with Gasteiger partial charge in [-0.15, -0.1) is 0 Å². The number of rotatable bonds is 4. The van der Waals surface area contributed by atoms with Crippen LogP contribution in [-0.2, 0) is 0 Å². The summed E-state index contributed by atoms with van der Waals surface area (Å²) in [4.78, 5) is 0. The molecule has 0 fully saturated rings. The van der Waals surface area contributed by atoms with Crippen molar-refractivity contribution in [2.45, 2.75) is 45.3 Å². The maximum atomic E-state index is 6.71. The lowest BCUT2D eigenvalue weighted by Crippen LogP contribution is -2.25. The molecule has 0 nitrogen and oxygen atoms in total. The standard InChI is InChI=1S/C16H23ClSi/c1-5-8-12(2)15-11-16(18(3,4)17)14-10-7-6-9-13(14)15/h6-7,9-12,16H,5,8H2,1-4H3. The lowest BCUT2D eigenvalue weighted by Gasteiger charge is -2.21. The van der Waals surface area contributed by atoms with Crippen LogP contribution in [0.2, 0.25) is 13.1 Å². The number of hydrogen-bond acceptors (Lipinski definition) is 0. The molecular weight excluding hydrogens is 256 g/mol. The highest BCUT2D eigenvalue weighted by Gasteiger charge is 2.36.